The smallest absolute Gasteiger partial charge is 0.310 e. The van der Waals surface area contributed by atoms with Gasteiger partial charge in [-0.3, -0.25) is 4.79 Å². The van der Waals surface area contributed by atoms with Crippen LogP contribution in [0.2, 0.25) is 0 Å². The lowest BCUT2D eigenvalue weighted by molar-refractivity contribution is -0.157. The van der Waals surface area contributed by atoms with Gasteiger partial charge in [-0.05, 0) is 32.4 Å². The maximum atomic E-state index is 11.0. The van der Waals surface area contributed by atoms with Gasteiger partial charge in [0.2, 0.25) is 0 Å². The van der Waals surface area contributed by atoms with Crippen molar-refractivity contribution in [1.29, 1.82) is 0 Å². The normalized spacial score (nSPS) is 27.3. The van der Waals surface area contributed by atoms with Crippen molar-refractivity contribution in [3.63, 3.8) is 0 Å². The van der Waals surface area contributed by atoms with Gasteiger partial charge in [-0.25, -0.2) is 0 Å². The van der Waals surface area contributed by atoms with Crippen molar-refractivity contribution in [2.45, 2.75) is 25.7 Å². The monoisotopic (exact) mass is 169 g/mol. The highest BCUT2D eigenvalue weighted by Crippen LogP contribution is 2.42. The Bertz CT molecular complexity index is 195. The molecule has 1 N–H and O–H groups in total. The highest BCUT2D eigenvalue weighted by atomic mass is 16.4. The molecule has 0 aromatic rings. The molecule has 1 heterocycles. The second-order valence-corrected chi connectivity index (χ2v) is 4.07. The van der Waals surface area contributed by atoms with Crippen LogP contribution in [0.1, 0.15) is 25.7 Å². The molecule has 2 rings (SSSR count). The Labute approximate surface area is 72.4 Å². The van der Waals surface area contributed by atoms with Crippen LogP contribution in [0.15, 0.2) is 0 Å². The Morgan fingerprint density at radius 2 is 2.00 bits per heavy atom. The number of hydrogen-bond acceptors (Lipinski definition) is 2. The Kier molecular flexibility index (Phi) is 1.83. The number of carboxylic acid groups (broad SMARTS) is 1. The van der Waals surface area contributed by atoms with E-state index in [1.807, 2.05) is 0 Å². The van der Waals surface area contributed by atoms with Crippen LogP contribution in [0.5, 0.6) is 0 Å². The highest BCUT2D eigenvalue weighted by molar-refractivity contribution is 5.76. The molecule has 1 aliphatic carbocycles. The van der Waals surface area contributed by atoms with Crippen LogP contribution >= 0.6 is 0 Å². The molecule has 1 saturated heterocycles. The first-order valence-electron chi connectivity index (χ1n) is 4.69. The maximum absolute atomic E-state index is 11.0. The lowest BCUT2D eigenvalue weighted by Crippen LogP contribution is -2.51. The van der Waals surface area contributed by atoms with E-state index in [4.69, 9.17) is 5.11 Å². The summed E-state index contributed by atoms with van der Waals surface area (Å²) in [6.45, 7) is 3.01. The first kappa shape index (κ1) is 8.05. The van der Waals surface area contributed by atoms with Crippen molar-refractivity contribution in [1.82, 2.24) is 4.90 Å². The topological polar surface area (TPSA) is 40.5 Å². The number of rotatable bonds is 3. The van der Waals surface area contributed by atoms with Crippen LogP contribution in [-0.4, -0.2) is 35.6 Å². The molecular weight excluding hydrogens is 154 g/mol. The Morgan fingerprint density at radius 1 is 1.33 bits per heavy atom. The third kappa shape index (κ3) is 1.12. The molecular formula is C9H15NO2. The van der Waals surface area contributed by atoms with E-state index in [9.17, 15) is 4.79 Å². The number of nitrogens with zero attached hydrogens (tertiary/aromatic N) is 1. The zero-order valence-corrected chi connectivity index (χ0v) is 7.25. The molecule has 0 aromatic heterocycles. The fraction of sp³-hybridized carbons (Fsp3) is 0.889. The molecule has 1 saturated carbocycles. The van der Waals surface area contributed by atoms with Crippen molar-refractivity contribution in [2.75, 3.05) is 19.6 Å². The largest absolute Gasteiger partial charge is 0.481 e. The van der Waals surface area contributed by atoms with E-state index < -0.39 is 5.97 Å². The third-order valence-corrected chi connectivity index (χ3v) is 3.24. The number of carbonyl (C=O) groups is 1. The fourth-order valence-electron chi connectivity index (χ4n) is 2.01. The molecule has 3 heteroatoms. The summed E-state index contributed by atoms with van der Waals surface area (Å²) >= 11 is 0. The van der Waals surface area contributed by atoms with Crippen LogP contribution in [0.25, 0.3) is 0 Å². The molecule has 0 bridgehead atoms. The molecule has 0 spiro atoms. The van der Waals surface area contributed by atoms with Gasteiger partial charge in [-0.2, -0.15) is 0 Å². The average molecular weight is 169 g/mol. The van der Waals surface area contributed by atoms with E-state index in [2.05, 4.69) is 4.90 Å². The molecule has 1 aliphatic heterocycles. The minimum Gasteiger partial charge on any atom is -0.481 e. The van der Waals surface area contributed by atoms with Gasteiger partial charge in [0.1, 0.15) is 0 Å². The van der Waals surface area contributed by atoms with Gasteiger partial charge in [0, 0.05) is 6.54 Å². The predicted molar refractivity (Wildman–Crippen MR) is 45.0 cm³/mol. The van der Waals surface area contributed by atoms with Crippen LogP contribution in [0, 0.1) is 5.41 Å². The van der Waals surface area contributed by atoms with Crippen LogP contribution in [-0.2, 0) is 4.79 Å². The number of aliphatic carboxylic acids is 1. The standard InChI is InChI=1S/C9H15NO2/c11-8(12)9(3-1-4-9)7-10-5-2-6-10/h1-7H2,(H,11,12). The van der Waals surface area contributed by atoms with Crippen LogP contribution in [0.3, 0.4) is 0 Å². The van der Waals surface area contributed by atoms with Gasteiger partial charge in [-0.1, -0.05) is 6.42 Å². The fourth-order valence-corrected chi connectivity index (χ4v) is 2.01. The van der Waals surface area contributed by atoms with E-state index in [1.165, 1.54) is 6.42 Å². The summed E-state index contributed by atoms with van der Waals surface area (Å²) < 4.78 is 0. The highest BCUT2D eigenvalue weighted by Gasteiger charge is 2.45. The number of hydrogen-bond donors (Lipinski definition) is 1. The summed E-state index contributed by atoms with van der Waals surface area (Å²) in [5, 5.41) is 9.03. The van der Waals surface area contributed by atoms with Gasteiger partial charge >= 0.3 is 5.97 Å². The SMILES string of the molecule is O=C(O)C1(CN2CCC2)CCC1. The van der Waals surface area contributed by atoms with Crippen molar-refractivity contribution >= 4 is 5.97 Å². The summed E-state index contributed by atoms with van der Waals surface area (Å²) in [5.41, 5.74) is -0.361. The summed E-state index contributed by atoms with van der Waals surface area (Å²) in [5.74, 6) is -0.583. The average Bonchev–Trinajstić information content (AvgIpc) is 1.80. The van der Waals surface area contributed by atoms with E-state index >= 15 is 0 Å². The van der Waals surface area contributed by atoms with Crippen LogP contribution < -0.4 is 0 Å². The van der Waals surface area contributed by atoms with Gasteiger partial charge in [-0.15, -0.1) is 0 Å². The summed E-state index contributed by atoms with van der Waals surface area (Å²) in [6.07, 6.45) is 4.12. The first-order valence-corrected chi connectivity index (χ1v) is 4.69. The lowest BCUT2D eigenvalue weighted by atomic mass is 9.68. The minimum atomic E-state index is -0.583. The Hall–Kier alpha value is -0.570. The molecule has 68 valence electrons. The Balaban J connectivity index is 1.92. The van der Waals surface area contributed by atoms with E-state index in [1.54, 1.807) is 0 Å². The van der Waals surface area contributed by atoms with Crippen LogP contribution in [0.4, 0.5) is 0 Å². The summed E-state index contributed by atoms with van der Waals surface area (Å²) in [4.78, 5) is 13.2. The van der Waals surface area contributed by atoms with Crippen molar-refractivity contribution < 1.29 is 9.90 Å². The van der Waals surface area contributed by atoms with E-state index in [0.717, 1.165) is 38.9 Å². The summed E-state index contributed by atoms with van der Waals surface area (Å²) in [6, 6.07) is 0. The molecule has 0 amide bonds. The molecule has 12 heavy (non-hydrogen) atoms. The van der Waals surface area contributed by atoms with Gasteiger partial charge in [0.25, 0.3) is 0 Å². The maximum Gasteiger partial charge on any atom is 0.310 e. The van der Waals surface area contributed by atoms with Gasteiger partial charge < -0.3 is 10.0 Å². The number of carboxylic acids is 1. The summed E-state index contributed by atoms with van der Waals surface area (Å²) in [7, 11) is 0. The minimum absolute atomic E-state index is 0.361. The first-order chi connectivity index (χ1) is 5.73. The van der Waals surface area contributed by atoms with E-state index in [0.29, 0.717) is 0 Å². The van der Waals surface area contributed by atoms with Gasteiger partial charge in [0.15, 0.2) is 0 Å². The molecule has 0 unspecified atom stereocenters. The van der Waals surface area contributed by atoms with E-state index in [-0.39, 0.29) is 5.41 Å². The molecule has 3 nitrogen and oxygen atoms in total. The second kappa shape index (κ2) is 2.73. The zero-order valence-electron chi connectivity index (χ0n) is 7.25. The van der Waals surface area contributed by atoms with Crippen molar-refractivity contribution in [3.05, 3.63) is 0 Å². The zero-order chi connectivity index (χ0) is 8.60. The molecule has 0 radical (unpaired) electrons. The molecule has 2 fully saturated rings. The quantitative estimate of drug-likeness (QED) is 0.683. The predicted octanol–water partition coefficient (Wildman–Crippen LogP) is 0.947. The van der Waals surface area contributed by atoms with Crippen molar-refractivity contribution in [3.8, 4) is 0 Å². The molecule has 0 atom stereocenters. The third-order valence-electron chi connectivity index (χ3n) is 3.24. The molecule has 2 aliphatic rings. The van der Waals surface area contributed by atoms with Gasteiger partial charge in [0.05, 0.1) is 5.41 Å². The lowest BCUT2D eigenvalue weighted by Gasteiger charge is -2.44. The second-order valence-electron chi connectivity index (χ2n) is 4.07. The number of likely N-dealkylation sites (tertiary alicyclic amines) is 1. The van der Waals surface area contributed by atoms with Crippen molar-refractivity contribution in [2.24, 2.45) is 5.41 Å². The Morgan fingerprint density at radius 3 is 2.25 bits per heavy atom. The molecule has 0 aromatic carbocycles.